The summed E-state index contributed by atoms with van der Waals surface area (Å²) in [6.07, 6.45) is 0. The highest BCUT2D eigenvalue weighted by Crippen LogP contribution is 2.30. The Bertz CT molecular complexity index is 1070. The number of hydrogen-bond donors (Lipinski definition) is 1. The van der Waals surface area contributed by atoms with Gasteiger partial charge in [0.2, 0.25) is 5.78 Å². The van der Waals surface area contributed by atoms with Gasteiger partial charge < -0.3 is 4.74 Å². The largest absolute Gasteiger partial charge is 0.481 e. The fourth-order valence-electron chi connectivity index (χ4n) is 2.94. The van der Waals surface area contributed by atoms with Crippen LogP contribution in [-0.4, -0.2) is 24.0 Å². The summed E-state index contributed by atoms with van der Waals surface area (Å²) in [5.74, 6) is -1.41. The van der Waals surface area contributed by atoms with Gasteiger partial charge in [0.25, 0.3) is 5.91 Å². The molecule has 3 aromatic carbocycles. The van der Waals surface area contributed by atoms with Crippen molar-refractivity contribution in [3.8, 4) is 5.75 Å². The number of carbonyl (C=O) groups excluding carboxylic acids is 2. The third-order valence-electron chi connectivity index (χ3n) is 4.11. The molecule has 0 saturated carbocycles. The van der Waals surface area contributed by atoms with Crippen molar-refractivity contribution in [2.75, 3.05) is 6.61 Å². The first kappa shape index (κ1) is 16.0. The van der Waals surface area contributed by atoms with Crippen LogP contribution in [0.4, 0.5) is 4.39 Å². The number of para-hydroxylation sites is 1. The van der Waals surface area contributed by atoms with Gasteiger partial charge in [0.15, 0.2) is 18.2 Å². The Balaban J connectivity index is 1.51. The molecule has 1 N–H and O–H groups in total. The van der Waals surface area contributed by atoms with Gasteiger partial charge in [-0.2, -0.15) is 5.10 Å². The summed E-state index contributed by atoms with van der Waals surface area (Å²) in [5, 5.41) is 5.74. The Morgan fingerprint density at radius 2 is 1.73 bits per heavy atom. The highest BCUT2D eigenvalue weighted by Gasteiger charge is 2.28. The summed E-state index contributed by atoms with van der Waals surface area (Å²) in [5.41, 5.74) is 3.72. The lowest BCUT2D eigenvalue weighted by molar-refractivity contribution is -0.123. The Morgan fingerprint density at radius 1 is 1.00 bits per heavy atom. The summed E-state index contributed by atoms with van der Waals surface area (Å²) in [6, 6.07) is 16.8. The molecule has 1 aliphatic carbocycles. The number of benzene rings is 3. The Morgan fingerprint density at radius 3 is 2.50 bits per heavy atom. The molecule has 6 heteroatoms. The molecule has 1 amide bonds. The highest BCUT2D eigenvalue weighted by molar-refractivity contribution is 6.59. The molecule has 0 aromatic heterocycles. The lowest BCUT2D eigenvalue weighted by Gasteiger charge is -2.06. The first-order chi connectivity index (χ1) is 12.6. The van der Waals surface area contributed by atoms with Crippen LogP contribution in [0.5, 0.6) is 5.75 Å². The van der Waals surface area contributed by atoms with Crippen molar-refractivity contribution in [2.24, 2.45) is 5.10 Å². The van der Waals surface area contributed by atoms with E-state index in [9.17, 15) is 14.0 Å². The number of ether oxygens (including phenoxy) is 1. The first-order valence-electron chi connectivity index (χ1n) is 7.96. The van der Waals surface area contributed by atoms with Gasteiger partial charge in [0.05, 0.1) is 0 Å². The van der Waals surface area contributed by atoms with E-state index in [0.717, 1.165) is 10.8 Å². The molecule has 0 heterocycles. The quantitative estimate of drug-likeness (QED) is 0.737. The average molecular weight is 348 g/mol. The number of rotatable bonds is 4. The molecule has 3 aromatic rings. The molecule has 5 nitrogen and oxygen atoms in total. The van der Waals surface area contributed by atoms with Crippen molar-refractivity contribution in [1.29, 1.82) is 0 Å². The smallest absolute Gasteiger partial charge is 0.277 e. The molecule has 4 rings (SSSR count). The van der Waals surface area contributed by atoms with Crippen LogP contribution < -0.4 is 10.2 Å². The van der Waals surface area contributed by atoms with Gasteiger partial charge in [0.1, 0.15) is 5.71 Å². The maximum absolute atomic E-state index is 13.5. The SMILES string of the molecule is O=C(COc1ccccc1F)NN=C1C(=O)c2cccc3cccc1c23. The van der Waals surface area contributed by atoms with E-state index in [1.165, 1.54) is 18.2 Å². The Kier molecular flexibility index (Phi) is 3.93. The van der Waals surface area contributed by atoms with Gasteiger partial charge in [-0.3, -0.25) is 9.59 Å². The molecule has 0 saturated heterocycles. The molecule has 26 heavy (non-hydrogen) atoms. The standard InChI is InChI=1S/C20H13FN2O3/c21-15-9-1-2-10-16(15)26-11-17(24)22-23-19-13-7-3-5-12-6-4-8-14(18(12)13)20(19)25/h1-10H,11H2,(H,22,24). The molecule has 0 fully saturated rings. The molecule has 0 spiro atoms. The van der Waals surface area contributed by atoms with Crippen LogP contribution in [0.1, 0.15) is 15.9 Å². The number of Topliss-reactive ketones (excluding diaryl/α,β-unsaturated/α-hetero) is 1. The van der Waals surface area contributed by atoms with Gasteiger partial charge in [-0.1, -0.05) is 48.5 Å². The zero-order valence-corrected chi connectivity index (χ0v) is 13.5. The molecule has 0 unspecified atom stereocenters. The third-order valence-corrected chi connectivity index (χ3v) is 4.11. The van der Waals surface area contributed by atoms with Crippen molar-refractivity contribution in [3.63, 3.8) is 0 Å². The van der Waals surface area contributed by atoms with Crippen LogP contribution in [-0.2, 0) is 4.79 Å². The van der Waals surface area contributed by atoms with Crippen LogP contribution in [0, 0.1) is 5.82 Å². The fourth-order valence-corrected chi connectivity index (χ4v) is 2.94. The van der Waals surface area contributed by atoms with Gasteiger partial charge in [0, 0.05) is 16.5 Å². The van der Waals surface area contributed by atoms with E-state index < -0.39 is 18.3 Å². The summed E-state index contributed by atoms with van der Waals surface area (Å²) in [6.45, 7) is -0.414. The van der Waals surface area contributed by atoms with Gasteiger partial charge in [-0.05, 0) is 17.5 Å². The van der Waals surface area contributed by atoms with E-state index in [4.69, 9.17) is 4.74 Å². The lowest BCUT2D eigenvalue weighted by Crippen LogP contribution is -2.27. The van der Waals surface area contributed by atoms with E-state index in [1.54, 1.807) is 18.2 Å². The molecule has 1 aliphatic rings. The number of nitrogens with one attached hydrogen (secondary N) is 1. The predicted octanol–water partition coefficient (Wildman–Crippen LogP) is 3.07. The number of carbonyl (C=O) groups is 2. The minimum atomic E-state index is -0.586. The topological polar surface area (TPSA) is 67.8 Å². The number of nitrogens with zero attached hydrogens (tertiary/aromatic N) is 1. The predicted molar refractivity (Wildman–Crippen MR) is 94.9 cm³/mol. The van der Waals surface area contributed by atoms with Crippen LogP contribution in [0.25, 0.3) is 10.8 Å². The van der Waals surface area contributed by atoms with Crippen LogP contribution in [0.15, 0.2) is 65.8 Å². The molecule has 0 aliphatic heterocycles. The summed E-state index contributed by atoms with van der Waals surface area (Å²) in [4.78, 5) is 24.5. The van der Waals surface area contributed by atoms with E-state index >= 15 is 0 Å². The van der Waals surface area contributed by atoms with E-state index in [0.29, 0.717) is 11.1 Å². The second-order valence-electron chi connectivity index (χ2n) is 5.75. The Labute approximate surface area is 148 Å². The molecular weight excluding hydrogens is 335 g/mol. The molecule has 0 bridgehead atoms. The minimum absolute atomic E-state index is 0.0237. The number of hydrazone groups is 1. The van der Waals surface area contributed by atoms with Gasteiger partial charge in [-0.25, -0.2) is 9.82 Å². The Hall–Kier alpha value is -3.54. The number of halogens is 1. The van der Waals surface area contributed by atoms with Crippen LogP contribution in [0.3, 0.4) is 0 Å². The normalized spacial score (nSPS) is 14.0. The van der Waals surface area contributed by atoms with Crippen LogP contribution >= 0.6 is 0 Å². The summed E-state index contributed by atoms with van der Waals surface area (Å²) >= 11 is 0. The van der Waals surface area contributed by atoms with Crippen molar-refractivity contribution in [2.45, 2.75) is 0 Å². The first-order valence-corrected chi connectivity index (χ1v) is 7.96. The number of ketones is 1. The molecular formula is C20H13FN2O3. The van der Waals surface area contributed by atoms with E-state index in [2.05, 4.69) is 10.5 Å². The molecule has 128 valence electrons. The van der Waals surface area contributed by atoms with E-state index in [-0.39, 0.29) is 17.2 Å². The zero-order chi connectivity index (χ0) is 18.1. The van der Waals surface area contributed by atoms with Gasteiger partial charge >= 0.3 is 0 Å². The maximum Gasteiger partial charge on any atom is 0.277 e. The molecule has 0 radical (unpaired) electrons. The van der Waals surface area contributed by atoms with Crippen molar-refractivity contribution in [3.05, 3.63) is 77.6 Å². The number of hydrogen-bond acceptors (Lipinski definition) is 4. The van der Waals surface area contributed by atoms with Crippen LogP contribution in [0.2, 0.25) is 0 Å². The van der Waals surface area contributed by atoms with Crippen molar-refractivity contribution < 1.29 is 18.7 Å². The maximum atomic E-state index is 13.5. The monoisotopic (exact) mass is 348 g/mol. The van der Waals surface area contributed by atoms with E-state index in [1.807, 2.05) is 24.3 Å². The third kappa shape index (κ3) is 2.71. The number of amides is 1. The summed E-state index contributed by atoms with van der Waals surface area (Å²) in [7, 11) is 0. The fraction of sp³-hybridized carbons (Fsp3) is 0.0500. The van der Waals surface area contributed by atoms with Gasteiger partial charge in [-0.15, -0.1) is 0 Å². The van der Waals surface area contributed by atoms with Crippen molar-refractivity contribution in [1.82, 2.24) is 5.43 Å². The minimum Gasteiger partial charge on any atom is -0.481 e. The summed E-state index contributed by atoms with van der Waals surface area (Å²) < 4.78 is 18.6. The lowest BCUT2D eigenvalue weighted by atomic mass is 10.1. The second kappa shape index (κ2) is 6.40. The average Bonchev–Trinajstić information content (AvgIpc) is 2.93. The van der Waals surface area contributed by atoms with Crippen molar-refractivity contribution >= 4 is 28.2 Å². The highest BCUT2D eigenvalue weighted by atomic mass is 19.1. The molecule has 0 atom stereocenters. The second-order valence-corrected chi connectivity index (χ2v) is 5.75. The zero-order valence-electron chi connectivity index (χ0n) is 13.5.